The van der Waals surface area contributed by atoms with Crippen LogP contribution < -0.4 is 5.73 Å². The molecule has 0 saturated heterocycles. The first-order valence-electron chi connectivity index (χ1n) is 2.73. The average molecular weight is 143 g/mol. The lowest BCUT2D eigenvalue weighted by molar-refractivity contribution is -0.111. The highest BCUT2D eigenvalue weighted by Gasteiger charge is 2.11. The van der Waals surface area contributed by atoms with Crippen molar-refractivity contribution < 1.29 is 10.0 Å². The lowest BCUT2D eigenvalue weighted by Crippen LogP contribution is -2.29. The third kappa shape index (κ3) is 1.85. The molecule has 0 aromatic heterocycles. The summed E-state index contributed by atoms with van der Waals surface area (Å²) in [7, 11) is 0. The second kappa shape index (κ2) is 3.60. The van der Waals surface area contributed by atoms with Crippen LogP contribution in [0.2, 0.25) is 0 Å². The summed E-state index contributed by atoms with van der Waals surface area (Å²) in [5.74, 6) is -0.880. The summed E-state index contributed by atoms with van der Waals surface area (Å²) in [6.45, 7) is 1.66. The lowest BCUT2D eigenvalue weighted by Gasteiger charge is -1.96. The van der Waals surface area contributed by atoms with Crippen LogP contribution >= 0.6 is 0 Å². The van der Waals surface area contributed by atoms with E-state index >= 15 is 0 Å². The predicted molar refractivity (Wildman–Crippen MR) is 36.4 cm³/mol. The van der Waals surface area contributed by atoms with Crippen LogP contribution in [0.25, 0.3) is 0 Å². The zero-order valence-electron chi connectivity index (χ0n) is 5.59. The standard InChI is InChI=1S/C5H9N3O2/c1-2-3(6)4(8-10)5(7)9/h6,10H,2H2,1H3,(H2,7,9). The Bertz CT molecular complexity index is 185. The average Bonchev–Trinajstić information content (AvgIpc) is 1.88. The van der Waals surface area contributed by atoms with Gasteiger partial charge in [-0.2, -0.15) is 0 Å². The van der Waals surface area contributed by atoms with Gasteiger partial charge in [0.25, 0.3) is 5.91 Å². The summed E-state index contributed by atoms with van der Waals surface area (Å²) >= 11 is 0. The van der Waals surface area contributed by atoms with E-state index in [9.17, 15) is 4.79 Å². The smallest absolute Gasteiger partial charge is 0.272 e. The Kier molecular flexibility index (Phi) is 3.10. The van der Waals surface area contributed by atoms with Gasteiger partial charge in [0.05, 0.1) is 5.71 Å². The molecule has 0 spiro atoms. The van der Waals surface area contributed by atoms with Crippen molar-refractivity contribution in [2.45, 2.75) is 13.3 Å². The van der Waals surface area contributed by atoms with Crippen LogP contribution in [0.5, 0.6) is 0 Å². The number of rotatable bonds is 3. The molecule has 5 nitrogen and oxygen atoms in total. The van der Waals surface area contributed by atoms with Crippen LogP contribution in [0, 0.1) is 5.41 Å². The molecule has 5 heteroatoms. The van der Waals surface area contributed by atoms with E-state index < -0.39 is 5.91 Å². The molecule has 0 aromatic carbocycles. The monoisotopic (exact) mass is 143 g/mol. The SMILES string of the molecule is CCC(=N)C(=NO)C(N)=O. The van der Waals surface area contributed by atoms with Gasteiger partial charge >= 0.3 is 0 Å². The molecule has 4 N–H and O–H groups in total. The van der Waals surface area contributed by atoms with Crippen LogP contribution in [-0.2, 0) is 4.79 Å². The molecule has 0 atom stereocenters. The summed E-state index contributed by atoms with van der Waals surface area (Å²) in [6.07, 6.45) is 0.322. The molecule has 1 amide bonds. The summed E-state index contributed by atoms with van der Waals surface area (Å²) in [5, 5.41) is 17.8. The topological polar surface area (TPSA) is 99.5 Å². The van der Waals surface area contributed by atoms with Gasteiger partial charge in [-0.1, -0.05) is 12.1 Å². The van der Waals surface area contributed by atoms with Gasteiger partial charge in [0, 0.05) is 0 Å². The summed E-state index contributed by atoms with van der Waals surface area (Å²) in [6, 6.07) is 0. The van der Waals surface area contributed by atoms with Crippen molar-refractivity contribution in [1.29, 1.82) is 5.41 Å². The Balaban J connectivity index is 4.39. The highest BCUT2D eigenvalue weighted by atomic mass is 16.4. The summed E-state index contributed by atoms with van der Waals surface area (Å²) < 4.78 is 0. The number of carbonyl (C=O) groups excluding carboxylic acids is 1. The molecule has 0 heterocycles. The summed E-state index contributed by atoms with van der Waals surface area (Å²) in [4.78, 5) is 10.3. The maximum atomic E-state index is 10.3. The van der Waals surface area contributed by atoms with E-state index in [1.807, 2.05) is 0 Å². The van der Waals surface area contributed by atoms with E-state index in [0.29, 0.717) is 6.42 Å². The largest absolute Gasteiger partial charge is 0.410 e. The van der Waals surface area contributed by atoms with Gasteiger partial charge in [-0.3, -0.25) is 4.79 Å². The Morgan fingerprint density at radius 3 is 2.40 bits per heavy atom. The number of oxime groups is 1. The second-order valence-electron chi connectivity index (χ2n) is 1.64. The van der Waals surface area contributed by atoms with Crippen molar-refractivity contribution in [1.82, 2.24) is 0 Å². The Hall–Kier alpha value is -1.39. The third-order valence-electron chi connectivity index (χ3n) is 0.973. The number of nitrogens with one attached hydrogen (secondary N) is 1. The molecule has 0 saturated carbocycles. The van der Waals surface area contributed by atoms with Crippen LogP contribution in [0.3, 0.4) is 0 Å². The number of amides is 1. The fourth-order valence-corrected chi connectivity index (χ4v) is 0.426. The molecule has 0 bridgehead atoms. The van der Waals surface area contributed by atoms with Gasteiger partial charge in [0.1, 0.15) is 0 Å². The third-order valence-corrected chi connectivity index (χ3v) is 0.973. The minimum absolute atomic E-state index is 0.0602. The highest BCUT2D eigenvalue weighted by molar-refractivity contribution is 6.65. The molecule has 0 unspecified atom stereocenters. The number of nitrogens with two attached hydrogens (primary N) is 1. The van der Waals surface area contributed by atoms with Crippen LogP contribution in [0.1, 0.15) is 13.3 Å². The molecular formula is C5H9N3O2. The molecule has 0 rings (SSSR count). The molecule has 56 valence electrons. The highest BCUT2D eigenvalue weighted by Crippen LogP contribution is 1.85. The minimum atomic E-state index is -0.880. The normalized spacial score (nSPS) is 11.1. The first kappa shape index (κ1) is 8.61. The Morgan fingerprint density at radius 2 is 2.30 bits per heavy atom. The maximum Gasteiger partial charge on any atom is 0.272 e. The quantitative estimate of drug-likeness (QED) is 0.288. The van der Waals surface area contributed by atoms with Gasteiger partial charge in [-0.05, 0) is 6.42 Å². The Morgan fingerprint density at radius 1 is 1.80 bits per heavy atom. The number of primary amides is 1. The van der Waals surface area contributed by atoms with Crippen LogP contribution in [-0.4, -0.2) is 22.5 Å². The molecule has 0 aromatic rings. The Labute approximate surface area is 58.0 Å². The molecule has 0 radical (unpaired) electrons. The molecule has 0 fully saturated rings. The second-order valence-corrected chi connectivity index (χ2v) is 1.64. The maximum absolute atomic E-state index is 10.3. The number of nitrogens with zero attached hydrogens (tertiary/aromatic N) is 1. The molecule has 0 aliphatic rings. The zero-order valence-corrected chi connectivity index (χ0v) is 5.59. The zero-order chi connectivity index (χ0) is 8.15. The van der Waals surface area contributed by atoms with E-state index in [1.54, 1.807) is 6.92 Å². The summed E-state index contributed by atoms with van der Waals surface area (Å²) in [5.41, 5.74) is 4.32. The number of carbonyl (C=O) groups is 1. The van der Waals surface area contributed by atoms with Crippen molar-refractivity contribution in [2.24, 2.45) is 10.9 Å². The van der Waals surface area contributed by atoms with E-state index in [1.165, 1.54) is 0 Å². The first-order valence-corrected chi connectivity index (χ1v) is 2.73. The van der Waals surface area contributed by atoms with Gasteiger partial charge in [-0.15, -0.1) is 0 Å². The lowest BCUT2D eigenvalue weighted by atomic mass is 10.2. The van der Waals surface area contributed by atoms with E-state index in [2.05, 4.69) is 5.16 Å². The van der Waals surface area contributed by atoms with Gasteiger partial charge in [0.15, 0.2) is 5.71 Å². The van der Waals surface area contributed by atoms with Gasteiger partial charge in [0.2, 0.25) is 0 Å². The predicted octanol–water partition coefficient (Wildman–Crippen LogP) is -0.268. The molecule has 10 heavy (non-hydrogen) atoms. The molecule has 0 aliphatic carbocycles. The minimum Gasteiger partial charge on any atom is -0.410 e. The van der Waals surface area contributed by atoms with E-state index in [0.717, 1.165) is 0 Å². The number of hydrogen-bond donors (Lipinski definition) is 3. The van der Waals surface area contributed by atoms with Crippen LogP contribution in [0.15, 0.2) is 5.16 Å². The first-order chi connectivity index (χ1) is 4.63. The van der Waals surface area contributed by atoms with E-state index in [-0.39, 0.29) is 11.4 Å². The fraction of sp³-hybridized carbons (Fsp3) is 0.400. The van der Waals surface area contributed by atoms with Crippen molar-refractivity contribution in [3.8, 4) is 0 Å². The van der Waals surface area contributed by atoms with Crippen molar-refractivity contribution in [2.75, 3.05) is 0 Å². The van der Waals surface area contributed by atoms with Crippen molar-refractivity contribution in [3.05, 3.63) is 0 Å². The fourth-order valence-electron chi connectivity index (χ4n) is 0.426. The van der Waals surface area contributed by atoms with Gasteiger partial charge in [-0.25, -0.2) is 0 Å². The molecule has 0 aliphatic heterocycles. The van der Waals surface area contributed by atoms with Crippen LogP contribution in [0.4, 0.5) is 0 Å². The number of hydrogen-bond acceptors (Lipinski definition) is 4. The van der Waals surface area contributed by atoms with Crippen molar-refractivity contribution in [3.63, 3.8) is 0 Å². The van der Waals surface area contributed by atoms with E-state index in [4.69, 9.17) is 16.4 Å². The molecular weight excluding hydrogens is 134 g/mol. The van der Waals surface area contributed by atoms with Gasteiger partial charge < -0.3 is 16.4 Å². The van der Waals surface area contributed by atoms with Crippen molar-refractivity contribution >= 4 is 17.3 Å².